The lowest BCUT2D eigenvalue weighted by atomic mass is 10.2. The summed E-state index contributed by atoms with van der Waals surface area (Å²) >= 11 is 0. The molecule has 0 saturated heterocycles. The Morgan fingerprint density at radius 1 is 1.47 bits per heavy atom. The van der Waals surface area contributed by atoms with Gasteiger partial charge in [0, 0.05) is 6.04 Å². The van der Waals surface area contributed by atoms with Gasteiger partial charge in [-0.2, -0.15) is 13.1 Å². The van der Waals surface area contributed by atoms with Gasteiger partial charge in [-0.15, -0.1) is 0 Å². The number of rotatable bonds is 5. The lowest BCUT2D eigenvalue weighted by molar-refractivity contribution is 0.212. The zero-order valence-electron chi connectivity index (χ0n) is 9.09. The molecule has 1 saturated carbocycles. The van der Waals surface area contributed by atoms with Crippen molar-refractivity contribution >= 4 is 15.9 Å². The molecule has 9 heteroatoms. The summed E-state index contributed by atoms with van der Waals surface area (Å²) in [5.41, 5.74) is 5.19. The van der Waals surface area contributed by atoms with E-state index < -0.39 is 34.2 Å². The van der Waals surface area contributed by atoms with Gasteiger partial charge in [-0.25, -0.2) is 8.42 Å². The van der Waals surface area contributed by atoms with Gasteiger partial charge in [-0.1, -0.05) is 18.0 Å². The number of amidine groups is 1. The molecule has 0 aliphatic heterocycles. The van der Waals surface area contributed by atoms with Gasteiger partial charge < -0.3 is 10.9 Å². The molecule has 1 fully saturated rings. The second kappa shape index (κ2) is 5.58. The first kappa shape index (κ1) is 14.1. The van der Waals surface area contributed by atoms with Gasteiger partial charge in [-0.05, 0) is 12.8 Å². The molecule has 0 aromatic carbocycles. The first-order valence-corrected chi connectivity index (χ1v) is 6.65. The lowest BCUT2D eigenvalue weighted by Crippen LogP contribution is -2.46. The number of hydrogen-bond acceptors (Lipinski definition) is 4. The molecule has 100 valence electrons. The van der Waals surface area contributed by atoms with Crippen molar-refractivity contribution in [2.75, 3.05) is 6.54 Å². The van der Waals surface area contributed by atoms with E-state index in [1.165, 1.54) is 0 Å². The molecule has 3 N–H and O–H groups in total. The van der Waals surface area contributed by atoms with Crippen LogP contribution in [0.5, 0.6) is 0 Å². The highest BCUT2D eigenvalue weighted by atomic mass is 32.2. The van der Waals surface area contributed by atoms with E-state index in [0.29, 0.717) is 17.1 Å². The Bertz CT molecular complexity index is 379. The molecule has 0 heterocycles. The van der Waals surface area contributed by atoms with Crippen molar-refractivity contribution in [1.29, 1.82) is 0 Å². The number of oxime groups is 1. The van der Waals surface area contributed by atoms with E-state index in [2.05, 4.69) is 5.16 Å². The predicted octanol–water partition coefficient (Wildman–Crippen LogP) is 0.530. The smallest absolute Gasteiger partial charge is 0.350 e. The monoisotopic (exact) mass is 271 g/mol. The molecular weight excluding hydrogens is 256 g/mol. The van der Waals surface area contributed by atoms with Crippen LogP contribution in [0, 0.1) is 0 Å². The van der Waals surface area contributed by atoms with Gasteiger partial charge in [0.15, 0.2) is 5.84 Å². The van der Waals surface area contributed by atoms with Crippen LogP contribution in [0.15, 0.2) is 5.16 Å². The molecule has 17 heavy (non-hydrogen) atoms. The minimum absolute atomic E-state index is 0.402. The number of hydrogen-bond donors (Lipinski definition) is 2. The Hall–Kier alpha value is -0.960. The van der Waals surface area contributed by atoms with Crippen molar-refractivity contribution in [3.05, 3.63) is 0 Å². The molecule has 6 nitrogen and oxygen atoms in total. The first-order valence-electron chi connectivity index (χ1n) is 5.14. The molecule has 0 amide bonds. The first-order chi connectivity index (χ1) is 7.89. The maximum Gasteiger partial charge on any atom is 0.350 e. The molecular formula is C8H15F2N3O3S. The van der Waals surface area contributed by atoms with Gasteiger partial charge >= 0.3 is 5.76 Å². The van der Waals surface area contributed by atoms with Gasteiger partial charge in [0.05, 0.1) is 6.54 Å². The molecule has 0 radical (unpaired) electrons. The normalized spacial score (nSPS) is 19.4. The van der Waals surface area contributed by atoms with Crippen LogP contribution >= 0.6 is 0 Å². The topological polar surface area (TPSA) is 96.0 Å². The van der Waals surface area contributed by atoms with E-state index in [1.54, 1.807) is 0 Å². The molecule has 0 atom stereocenters. The van der Waals surface area contributed by atoms with Crippen LogP contribution in [0.25, 0.3) is 0 Å². The molecule has 0 aromatic heterocycles. The van der Waals surface area contributed by atoms with Crippen molar-refractivity contribution in [2.24, 2.45) is 10.9 Å². The average Bonchev–Trinajstić information content (AvgIpc) is 2.78. The van der Waals surface area contributed by atoms with E-state index in [0.717, 1.165) is 12.8 Å². The van der Waals surface area contributed by atoms with Crippen molar-refractivity contribution < 1.29 is 22.4 Å². The van der Waals surface area contributed by atoms with E-state index >= 15 is 0 Å². The van der Waals surface area contributed by atoms with Crippen LogP contribution in [-0.2, 0) is 10.0 Å². The lowest BCUT2D eigenvalue weighted by Gasteiger charge is -2.26. The fourth-order valence-corrected chi connectivity index (χ4v) is 3.06. The Morgan fingerprint density at radius 2 is 2.00 bits per heavy atom. The van der Waals surface area contributed by atoms with Crippen molar-refractivity contribution in [1.82, 2.24) is 4.31 Å². The largest absolute Gasteiger partial charge is 0.409 e. The summed E-state index contributed by atoms with van der Waals surface area (Å²) in [6.45, 7) is -0.506. The summed E-state index contributed by atoms with van der Waals surface area (Å²) in [6, 6.07) is -0.491. The van der Waals surface area contributed by atoms with Gasteiger partial charge in [0.25, 0.3) is 10.0 Å². The van der Waals surface area contributed by atoms with E-state index in [4.69, 9.17) is 10.9 Å². The highest BCUT2D eigenvalue weighted by Gasteiger charge is 2.38. The predicted molar refractivity (Wildman–Crippen MR) is 57.3 cm³/mol. The van der Waals surface area contributed by atoms with Crippen LogP contribution < -0.4 is 5.73 Å². The summed E-state index contributed by atoms with van der Waals surface area (Å²) in [6.07, 6.45) is 2.61. The van der Waals surface area contributed by atoms with Crippen molar-refractivity contribution in [3.8, 4) is 0 Å². The van der Waals surface area contributed by atoms with E-state index in [9.17, 15) is 17.2 Å². The van der Waals surface area contributed by atoms with Gasteiger partial charge in [0.1, 0.15) is 0 Å². The van der Waals surface area contributed by atoms with Gasteiger partial charge in [-0.3, -0.25) is 0 Å². The van der Waals surface area contributed by atoms with Gasteiger partial charge in [0.2, 0.25) is 0 Å². The average molecular weight is 271 g/mol. The minimum atomic E-state index is -4.70. The van der Waals surface area contributed by atoms with Crippen LogP contribution in [0.3, 0.4) is 0 Å². The second-order valence-electron chi connectivity index (χ2n) is 3.88. The number of halogens is 2. The highest BCUT2D eigenvalue weighted by molar-refractivity contribution is 7.89. The molecule has 0 bridgehead atoms. The van der Waals surface area contributed by atoms with Crippen LogP contribution in [0.1, 0.15) is 25.7 Å². The molecule has 1 aliphatic rings. The van der Waals surface area contributed by atoms with Crippen molar-refractivity contribution in [3.63, 3.8) is 0 Å². The zero-order valence-corrected chi connectivity index (χ0v) is 9.91. The number of alkyl halides is 2. The van der Waals surface area contributed by atoms with Crippen LogP contribution in [-0.4, -0.2) is 42.1 Å². The van der Waals surface area contributed by atoms with Crippen LogP contribution in [0.4, 0.5) is 8.78 Å². The molecule has 0 spiro atoms. The van der Waals surface area contributed by atoms with Crippen molar-refractivity contribution in [2.45, 2.75) is 37.5 Å². The maximum atomic E-state index is 12.5. The maximum absolute atomic E-state index is 12.5. The Kier molecular flexibility index (Phi) is 4.63. The van der Waals surface area contributed by atoms with Crippen LogP contribution in [0.2, 0.25) is 0 Å². The fraction of sp³-hybridized carbons (Fsp3) is 0.875. The second-order valence-corrected chi connectivity index (χ2v) is 5.74. The third-order valence-electron chi connectivity index (χ3n) is 2.73. The molecule has 0 unspecified atom stereocenters. The summed E-state index contributed by atoms with van der Waals surface area (Å²) < 4.78 is 48.5. The zero-order chi connectivity index (χ0) is 13.1. The molecule has 1 aliphatic carbocycles. The standard InChI is InChI=1S/C8H15F2N3O3S/c9-8(10)17(15,16)13(5-7(11)12-14)6-3-1-2-4-6/h6,8,14H,1-5H2,(H2,11,12). The SMILES string of the molecule is NC(CN(C1CCCC1)S(=O)(=O)C(F)F)=NO. The minimum Gasteiger partial charge on any atom is -0.409 e. The van der Waals surface area contributed by atoms with E-state index in [1.807, 2.05) is 0 Å². The molecule has 0 aromatic rings. The highest BCUT2D eigenvalue weighted by Crippen LogP contribution is 2.27. The Morgan fingerprint density at radius 3 is 2.41 bits per heavy atom. The molecule has 1 rings (SSSR count). The third-order valence-corrected chi connectivity index (χ3v) is 4.26. The Balaban J connectivity index is 2.93. The van der Waals surface area contributed by atoms with E-state index in [-0.39, 0.29) is 0 Å². The summed E-state index contributed by atoms with van der Waals surface area (Å²) in [7, 11) is -4.70. The summed E-state index contributed by atoms with van der Waals surface area (Å²) in [5.74, 6) is -3.89. The number of sulfonamides is 1. The number of nitrogens with zero attached hydrogens (tertiary/aromatic N) is 2. The summed E-state index contributed by atoms with van der Waals surface area (Å²) in [5, 5.41) is 11.0. The Labute approximate surface area is 98.1 Å². The number of nitrogens with two attached hydrogens (primary N) is 1. The fourth-order valence-electron chi connectivity index (χ4n) is 1.91. The third kappa shape index (κ3) is 3.25. The summed E-state index contributed by atoms with van der Waals surface area (Å²) in [4.78, 5) is 0. The quantitative estimate of drug-likeness (QED) is 0.330.